The smallest absolute Gasteiger partial charge is 0.239 e. The van der Waals surface area contributed by atoms with Gasteiger partial charge in [-0.3, -0.25) is 9.48 Å². The van der Waals surface area contributed by atoms with E-state index in [1.807, 2.05) is 0 Å². The van der Waals surface area contributed by atoms with Gasteiger partial charge in [0.2, 0.25) is 5.91 Å². The molecule has 62 valence electrons. The SMILES string of the molecule is Cn1ccc(NC(=O)CC#N)n1. The molecule has 0 fully saturated rings. The third-order valence-electron chi connectivity index (χ3n) is 1.22. The molecule has 0 spiro atoms. The van der Waals surface area contributed by atoms with Gasteiger partial charge in [0, 0.05) is 19.3 Å². The van der Waals surface area contributed by atoms with Crippen molar-refractivity contribution < 1.29 is 4.79 Å². The molecule has 0 radical (unpaired) electrons. The summed E-state index contributed by atoms with van der Waals surface area (Å²) in [5.41, 5.74) is 0. The summed E-state index contributed by atoms with van der Waals surface area (Å²) in [5.74, 6) is 0.133. The number of nitriles is 1. The summed E-state index contributed by atoms with van der Waals surface area (Å²) in [6.07, 6.45) is 1.57. The molecule has 0 aliphatic rings. The molecular weight excluding hydrogens is 156 g/mol. The molecule has 5 nitrogen and oxygen atoms in total. The lowest BCUT2D eigenvalue weighted by Gasteiger charge is -1.95. The first kappa shape index (κ1) is 8.27. The van der Waals surface area contributed by atoms with E-state index in [1.54, 1.807) is 30.1 Å². The molecule has 0 bridgehead atoms. The van der Waals surface area contributed by atoms with Crippen molar-refractivity contribution in [3.63, 3.8) is 0 Å². The van der Waals surface area contributed by atoms with Crippen molar-refractivity contribution in [1.29, 1.82) is 5.26 Å². The molecule has 5 heteroatoms. The first-order valence-electron chi connectivity index (χ1n) is 3.39. The Morgan fingerprint density at radius 2 is 2.67 bits per heavy atom. The summed E-state index contributed by atoms with van der Waals surface area (Å²) < 4.78 is 1.57. The number of aryl methyl sites for hydroxylation is 1. The molecule has 12 heavy (non-hydrogen) atoms. The van der Waals surface area contributed by atoms with Gasteiger partial charge in [0.25, 0.3) is 0 Å². The second kappa shape index (κ2) is 3.53. The molecule has 0 saturated heterocycles. The number of amides is 1. The molecule has 0 aromatic carbocycles. The Morgan fingerprint density at radius 3 is 3.17 bits per heavy atom. The molecule has 1 aromatic rings. The van der Waals surface area contributed by atoms with E-state index in [4.69, 9.17) is 5.26 Å². The number of carbonyl (C=O) groups excluding carboxylic acids is 1. The zero-order valence-corrected chi connectivity index (χ0v) is 6.61. The summed E-state index contributed by atoms with van der Waals surface area (Å²) in [4.78, 5) is 10.8. The Morgan fingerprint density at radius 1 is 1.92 bits per heavy atom. The monoisotopic (exact) mass is 164 g/mol. The van der Waals surface area contributed by atoms with Gasteiger partial charge >= 0.3 is 0 Å². The fourth-order valence-corrected chi connectivity index (χ4v) is 0.741. The maximum Gasteiger partial charge on any atom is 0.239 e. The Bertz CT molecular complexity index is 322. The minimum absolute atomic E-state index is 0.142. The molecule has 1 N–H and O–H groups in total. The minimum Gasteiger partial charge on any atom is -0.308 e. The largest absolute Gasteiger partial charge is 0.308 e. The third kappa shape index (κ3) is 2.09. The van der Waals surface area contributed by atoms with Crippen LogP contribution in [-0.4, -0.2) is 15.7 Å². The summed E-state index contributed by atoms with van der Waals surface area (Å²) in [5, 5.41) is 14.6. The van der Waals surface area contributed by atoms with Gasteiger partial charge in [0.1, 0.15) is 6.42 Å². The highest BCUT2D eigenvalue weighted by molar-refractivity contribution is 5.90. The average Bonchev–Trinajstić information content (AvgIpc) is 2.36. The van der Waals surface area contributed by atoms with Crippen molar-refractivity contribution in [3.8, 4) is 6.07 Å². The number of carbonyl (C=O) groups is 1. The van der Waals surface area contributed by atoms with E-state index in [0.29, 0.717) is 5.82 Å². The van der Waals surface area contributed by atoms with Crippen LogP contribution in [0.5, 0.6) is 0 Å². The summed E-state index contributed by atoms with van der Waals surface area (Å²) in [7, 11) is 1.75. The Hall–Kier alpha value is -1.83. The minimum atomic E-state index is -0.337. The number of nitrogens with zero attached hydrogens (tertiary/aromatic N) is 3. The molecule has 0 aliphatic heterocycles. The van der Waals surface area contributed by atoms with Crippen molar-refractivity contribution in [1.82, 2.24) is 9.78 Å². The quantitative estimate of drug-likeness (QED) is 0.682. The second-order valence-corrected chi connectivity index (χ2v) is 2.26. The number of hydrogen-bond donors (Lipinski definition) is 1. The van der Waals surface area contributed by atoms with E-state index in [1.165, 1.54) is 0 Å². The highest BCUT2D eigenvalue weighted by Crippen LogP contribution is 2.00. The Balaban J connectivity index is 2.53. The first-order valence-corrected chi connectivity index (χ1v) is 3.39. The zero-order valence-electron chi connectivity index (χ0n) is 6.61. The average molecular weight is 164 g/mol. The van der Waals surface area contributed by atoms with Gasteiger partial charge in [-0.15, -0.1) is 0 Å². The van der Waals surface area contributed by atoms with Gasteiger partial charge in [0.15, 0.2) is 5.82 Å². The summed E-state index contributed by atoms with van der Waals surface area (Å²) >= 11 is 0. The molecular formula is C7H8N4O. The van der Waals surface area contributed by atoms with Gasteiger partial charge in [0.05, 0.1) is 6.07 Å². The molecule has 1 aromatic heterocycles. The van der Waals surface area contributed by atoms with Crippen LogP contribution in [0.2, 0.25) is 0 Å². The van der Waals surface area contributed by atoms with E-state index < -0.39 is 0 Å². The number of anilines is 1. The number of hydrogen-bond acceptors (Lipinski definition) is 3. The van der Waals surface area contributed by atoms with Crippen molar-refractivity contribution in [3.05, 3.63) is 12.3 Å². The van der Waals surface area contributed by atoms with Crippen LogP contribution in [-0.2, 0) is 11.8 Å². The molecule has 0 aliphatic carbocycles. The Kier molecular flexibility index (Phi) is 2.43. The fourth-order valence-electron chi connectivity index (χ4n) is 0.741. The molecule has 0 saturated carbocycles. The number of nitrogens with one attached hydrogen (secondary N) is 1. The van der Waals surface area contributed by atoms with E-state index in [2.05, 4.69) is 10.4 Å². The van der Waals surface area contributed by atoms with Crippen LogP contribution < -0.4 is 5.32 Å². The first-order chi connectivity index (χ1) is 5.72. The van der Waals surface area contributed by atoms with Crippen molar-refractivity contribution in [2.45, 2.75) is 6.42 Å². The highest BCUT2D eigenvalue weighted by Gasteiger charge is 2.01. The highest BCUT2D eigenvalue weighted by atomic mass is 16.1. The molecule has 0 atom stereocenters. The number of rotatable bonds is 2. The van der Waals surface area contributed by atoms with Crippen LogP contribution in [0.25, 0.3) is 0 Å². The van der Waals surface area contributed by atoms with Crippen LogP contribution in [0, 0.1) is 11.3 Å². The predicted molar refractivity (Wildman–Crippen MR) is 42.1 cm³/mol. The molecule has 0 unspecified atom stereocenters. The molecule has 1 amide bonds. The van der Waals surface area contributed by atoms with Crippen LogP contribution >= 0.6 is 0 Å². The lowest BCUT2D eigenvalue weighted by Crippen LogP contribution is -2.10. The maximum absolute atomic E-state index is 10.8. The van der Waals surface area contributed by atoms with Gasteiger partial charge in [-0.25, -0.2) is 0 Å². The van der Waals surface area contributed by atoms with E-state index in [0.717, 1.165) is 0 Å². The third-order valence-corrected chi connectivity index (χ3v) is 1.22. The maximum atomic E-state index is 10.8. The standard InChI is InChI=1S/C7H8N4O/c1-11-5-3-6(10-11)9-7(12)2-4-8/h3,5H,2H2,1H3,(H,9,10,12). The van der Waals surface area contributed by atoms with Gasteiger partial charge in [-0.2, -0.15) is 10.4 Å². The number of aromatic nitrogens is 2. The van der Waals surface area contributed by atoms with E-state index >= 15 is 0 Å². The fraction of sp³-hybridized carbons (Fsp3) is 0.286. The normalized spacial score (nSPS) is 9.00. The van der Waals surface area contributed by atoms with Gasteiger partial charge in [-0.1, -0.05) is 0 Å². The zero-order chi connectivity index (χ0) is 8.97. The lowest BCUT2D eigenvalue weighted by molar-refractivity contribution is -0.115. The Labute approximate surface area is 69.6 Å². The molecule has 1 heterocycles. The van der Waals surface area contributed by atoms with Crippen molar-refractivity contribution in [2.75, 3.05) is 5.32 Å². The van der Waals surface area contributed by atoms with Crippen LogP contribution in [0.4, 0.5) is 5.82 Å². The van der Waals surface area contributed by atoms with Gasteiger partial charge < -0.3 is 5.32 Å². The predicted octanol–water partition coefficient (Wildman–Crippen LogP) is 0.272. The van der Waals surface area contributed by atoms with Gasteiger partial charge in [-0.05, 0) is 0 Å². The lowest BCUT2D eigenvalue weighted by atomic mass is 10.4. The van der Waals surface area contributed by atoms with Crippen LogP contribution in [0.1, 0.15) is 6.42 Å². The molecule has 1 rings (SSSR count). The van der Waals surface area contributed by atoms with E-state index in [-0.39, 0.29) is 12.3 Å². The topological polar surface area (TPSA) is 70.7 Å². The van der Waals surface area contributed by atoms with Crippen LogP contribution in [0.15, 0.2) is 12.3 Å². The van der Waals surface area contributed by atoms with Crippen molar-refractivity contribution in [2.24, 2.45) is 7.05 Å². The summed E-state index contributed by atoms with van der Waals surface area (Å²) in [6, 6.07) is 3.41. The summed E-state index contributed by atoms with van der Waals surface area (Å²) in [6.45, 7) is 0. The van der Waals surface area contributed by atoms with E-state index in [9.17, 15) is 4.79 Å². The second-order valence-electron chi connectivity index (χ2n) is 2.26. The van der Waals surface area contributed by atoms with Crippen molar-refractivity contribution >= 4 is 11.7 Å². The van der Waals surface area contributed by atoms with Crippen LogP contribution in [0.3, 0.4) is 0 Å².